The van der Waals surface area contributed by atoms with Crippen LogP contribution in [0.25, 0.3) is 0 Å². The van der Waals surface area contributed by atoms with E-state index in [4.69, 9.17) is 9.90 Å². The zero-order valence-corrected chi connectivity index (χ0v) is 7.10. The van der Waals surface area contributed by atoms with E-state index in [1.54, 1.807) is 0 Å². The van der Waals surface area contributed by atoms with Crippen LogP contribution in [0.4, 0.5) is 0 Å². The molecule has 0 aromatic carbocycles. The van der Waals surface area contributed by atoms with E-state index in [9.17, 15) is 0 Å². The lowest BCUT2D eigenvalue weighted by atomic mass is 10.0. The second-order valence-electron chi connectivity index (χ2n) is 2.64. The lowest BCUT2D eigenvalue weighted by Gasteiger charge is -2.05. The Labute approximate surface area is 67.7 Å². The lowest BCUT2D eigenvalue weighted by Crippen LogP contribution is -1.85. The summed E-state index contributed by atoms with van der Waals surface area (Å²) in [5, 5.41) is 7.42. The van der Waals surface area contributed by atoms with Crippen molar-refractivity contribution in [3.8, 4) is 0 Å². The molecular weight excluding hydrogens is 144 g/mol. The van der Waals surface area contributed by atoms with E-state index in [-0.39, 0.29) is 5.48 Å². The summed E-state index contributed by atoms with van der Waals surface area (Å²) in [5.41, 5.74) is 0. The van der Waals surface area contributed by atoms with Crippen LogP contribution in [0.5, 0.6) is 0 Å². The number of hydrogen-bond donors (Lipinski definition) is 1. The number of aliphatic carboxylic acids is 1. The van der Waals surface area contributed by atoms with Gasteiger partial charge in [-0.2, -0.15) is 0 Å². The maximum atomic E-state index is 9.00. The Morgan fingerprint density at radius 2 is 1.09 bits per heavy atom. The van der Waals surface area contributed by atoms with Gasteiger partial charge in [0, 0.05) is 6.92 Å². The number of rotatable bonds is 0. The molecule has 1 saturated carbocycles. The van der Waals surface area contributed by atoms with Crippen molar-refractivity contribution in [1.29, 1.82) is 0 Å². The third kappa shape index (κ3) is 17.7. The largest absolute Gasteiger partial charge is 0.481 e. The van der Waals surface area contributed by atoms with Crippen LogP contribution in [0.15, 0.2) is 0 Å². The van der Waals surface area contributed by atoms with Crippen LogP contribution in [-0.2, 0) is 4.79 Å². The fourth-order valence-corrected chi connectivity index (χ4v) is 1.06. The molecular formula is C8H18O3. The SMILES string of the molecule is C1CCCCC1.CC(=O)O.O. The van der Waals surface area contributed by atoms with Crippen molar-refractivity contribution < 1.29 is 15.4 Å². The predicted octanol–water partition coefficient (Wildman–Crippen LogP) is 1.61. The van der Waals surface area contributed by atoms with Crippen LogP contribution in [0, 0.1) is 0 Å². The molecule has 0 aromatic heterocycles. The topological polar surface area (TPSA) is 68.8 Å². The lowest BCUT2D eigenvalue weighted by molar-refractivity contribution is -0.134. The third-order valence-electron chi connectivity index (χ3n) is 1.50. The van der Waals surface area contributed by atoms with Crippen LogP contribution in [-0.4, -0.2) is 16.6 Å². The van der Waals surface area contributed by atoms with Gasteiger partial charge < -0.3 is 10.6 Å². The van der Waals surface area contributed by atoms with Crippen molar-refractivity contribution >= 4 is 5.97 Å². The van der Waals surface area contributed by atoms with Gasteiger partial charge in [0.25, 0.3) is 5.97 Å². The molecule has 0 atom stereocenters. The normalized spacial score (nSPS) is 15.4. The number of hydrogen-bond acceptors (Lipinski definition) is 1. The molecule has 0 amide bonds. The average Bonchev–Trinajstić information content (AvgIpc) is 1.90. The minimum Gasteiger partial charge on any atom is -0.481 e. The molecule has 0 heterocycles. The Morgan fingerprint density at radius 1 is 1.00 bits per heavy atom. The number of carboxylic acids is 1. The standard InChI is InChI=1S/C6H12.C2H4O2.H2O/c1-2-4-6-5-3-1;1-2(3)4;/h1-6H2;1H3,(H,3,4);1H2. The van der Waals surface area contributed by atoms with Gasteiger partial charge in [0.1, 0.15) is 0 Å². The van der Waals surface area contributed by atoms with Gasteiger partial charge in [0.05, 0.1) is 0 Å². The van der Waals surface area contributed by atoms with E-state index in [0.29, 0.717) is 0 Å². The molecule has 1 aliphatic rings. The number of carboxylic acid groups (broad SMARTS) is 1. The Bertz CT molecular complexity index is 71.8. The van der Waals surface area contributed by atoms with Gasteiger partial charge in [-0.1, -0.05) is 38.5 Å². The highest BCUT2D eigenvalue weighted by Crippen LogP contribution is 2.15. The van der Waals surface area contributed by atoms with Gasteiger partial charge in [-0.25, -0.2) is 0 Å². The molecule has 11 heavy (non-hydrogen) atoms. The van der Waals surface area contributed by atoms with Crippen molar-refractivity contribution in [1.82, 2.24) is 0 Å². The first kappa shape index (κ1) is 13.1. The van der Waals surface area contributed by atoms with Gasteiger partial charge in [-0.3, -0.25) is 4.79 Å². The predicted molar refractivity (Wildman–Crippen MR) is 44.6 cm³/mol. The maximum Gasteiger partial charge on any atom is 0.300 e. The van der Waals surface area contributed by atoms with E-state index in [1.165, 1.54) is 38.5 Å². The highest BCUT2D eigenvalue weighted by Gasteiger charge is 1.95. The summed E-state index contributed by atoms with van der Waals surface area (Å²) in [7, 11) is 0. The van der Waals surface area contributed by atoms with E-state index in [0.717, 1.165) is 6.92 Å². The summed E-state index contributed by atoms with van der Waals surface area (Å²) >= 11 is 0. The second-order valence-corrected chi connectivity index (χ2v) is 2.64. The Morgan fingerprint density at radius 3 is 1.18 bits per heavy atom. The van der Waals surface area contributed by atoms with Crippen molar-refractivity contribution in [3.63, 3.8) is 0 Å². The van der Waals surface area contributed by atoms with Crippen molar-refractivity contribution in [2.45, 2.75) is 45.4 Å². The molecule has 0 aliphatic heterocycles. The first-order valence-electron chi connectivity index (χ1n) is 3.93. The van der Waals surface area contributed by atoms with E-state index >= 15 is 0 Å². The zero-order valence-electron chi connectivity index (χ0n) is 7.10. The minimum absolute atomic E-state index is 0. The highest BCUT2D eigenvalue weighted by molar-refractivity contribution is 5.62. The van der Waals surface area contributed by atoms with E-state index in [1.807, 2.05) is 0 Å². The molecule has 0 radical (unpaired) electrons. The quantitative estimate of drug-likeness (QED) is 0.587. The molecule has 0 spiro atoms. The molecule has 0 unspecified atom stereocenters. The summed E-state index contributed by atoms with van der Waals surface area (Å²) in [5.74, 6) is -0.833. The van der Waals surface area contributed by atoms with Crippen LogP contribution in [0.3, 0.4) is 0 Å². The molecule has 1 fully saturated rings. The molecule has 0 aromatic rings. The molecule has 3 heteroatoms. The summed E-state index contributed by atoms with van der Waals surface area (Å²) < 4.78 is 0. The molecule has 1 aliphatic carbocycles. The molecule has 0 saturated heterocycles. The summed E-state index contributed by atoms with van der Waals surface area (Å²) in [6.07, 6.45) is 9.00. The van der Waals surface area contributed by atoms with Crippen molar-refractivity contribution in [2.75, 3.05) is 0 Å². The van der Waals surface area contributed by atoms with Crippen LogP contribution in [0.1, 0.15) is 45.4 Å². The summed E-state index contributed by atoms with van der Waals surface area (Å²) in [6, 6.07) is 0. The Balaban J connectivity index is 0. The summed E-state index contributed by atoms with van der Waals surface area (Å²) in [4.78, 5) is 9.00. The summed E-state index contributed by atoms with van der Waals surface area (Å²) in [6.45, 7) is 1.08. The number of carbonyl (C=O) groups is 1. The van der Waals surface area contributed by atoms with Gasteiger partial charge in [-0.05, 0) is 0 Å². The smallest absolute Gasteiger partial charge is 0.300 e. The molecule has 3 N–H and O–H groups in total. The Hall–Kier alpha value is -0.570. The molecule has 3 nitrogen and oxygen atoms in total. The van der Waals surface area contributed by atoms with Crippen molar-refractivity contribution in [3.05, 3.63) is 0 Å². The monoisotopic (exact) mass is 162 g/mol. The fraction of sp³-hybridized carbons (Fsp3) is 0.875. The highest BCUT2D eigenvalue weighted by atomic mass is 16.4. The fourth-order valence-electron chi connectivity index (χ4n) is 1.06. The van der Waals surface area contributed by atoms with Gasteiger partial charge in [-0.15, -0.1) is 0 Å². The molecule has 1 rings (SSSR count). The first-order chi connectivity index (χ1) is 4.73. The maximum absolute atomic E-state index is 9.00. The first-order valence-corrected chi connectivity index (χ1v) is 3.93. The third-order valence-corrected chi connectivity index (χ3v) is 1.50. The van der Waals surface area contributed by atoms with E-state index in [2.05, 4.69) is 0 Å². The minimum atomic E-state index is -0.833. The average molecular weight is 162 g/mol. The van der Waals surface area contributed by atoms with Crippen molar-refractivity contribution in [2.24, 2.45) is 0 Å². The van der Waals surface area contributed by atoms with Gasteiger partial charge >= 0.3 is 0 Å². The van der Waals surface area contributed by atoms with Crippen LogP contribution >= 0.6 is 0 Å². The van der Waals surface area contributed by atoms with Crippen LogP contribution < -0.4 is 0 Å². The Kier molecular flexibility index (Phi) is 11.2. The van der Waals surface area contributed by atoms with Gasteiger partial charge in [0.15, 0.2) is 0 Å². The second kappa shape index (κ2) is 9.43. The molecule has 0 bridgehead atoms. The zero-order chi connectivity index (χ0) is 7.82. The molecule has 68 valence electrons. The van der Waals surface area contributed by atoms with Crippen LogP contribution in [0.2, 0.25) is 0 Å². The van der Waals surface area contributed by atoms with Gasteiger partial charge in [0.2, 0.25) is 0 Å². The van der Waals surface area contributed by atoms with E-state index < -0.39 is 5.97 Å².